The summed E-state index contributed by atoms with van der Waals surface area (Å²) in [6.07, 6.45) is 7.59. The van der Waals surface area contributed by atoms with E-state index in [1.807, 2.05) is 24.3 Å². The normalized spacial score (nSPS) is 14.4. The first kappa shape index (κ1) is 25.3. The van der Waals surface area contributed by atoms with Gasteiger partial charge in [0.2, 0.25) is 0 Å². The van der Waals surface area contributed by atoms with Crippen molar-refractivity contribution in [3.05, 3.63) is 105 Å². The molecule has 0 aliphatic heterocycles. The molecule has 4 rings (SSSR count). The fourth-order valence-corrected chi connectivity index (χ4v) is 5.71. The van der Waals surface area contributed by atoms with Gasteiger partial charge in [-0.1, -0.05) is 81.1 Å². The molecule has 35 heavy (non-hydrogen) atoms. The van der Waals surface area contributed by atoms with Crippen LogP contribution in [0, 0.1) is 12.8 Å². The Bertz CT molecular complexity index is 1240. The van der Waals surface area contributed by atoms with Crippen LogP contribution in [0.25, 0.3) is 11.1 Å². The van der Waals surface area contributed by atoms with Crippen LogP contribution in [0.15, 0.2) is 60.7 Å². The lowest BCUT2D eigenvalue weighted by atomic mass is 9.85. The van der Waals surface area contributed by atoms with Gasteiger partial charge in [-0.15, -0.1) is 0 Å². The van der Waals surface area contributed by atoms with Crippen molar-refractivity contribution in [2.24, 2.45) is 5.92 Å². The highest BCUT2D eigenvalue weighted by molar-refractivity contribution is 6.30. The number of hydrogen-bond acceptors (Lipinski definition) is 1. The van der Waals surface area contributed by atoms with Crippen LogP contribution in [0.5, 0.6) is 0 Å². The van der Waals surface area contributed by atoms with E-state index in [0.717, 1.165) is 53.3 Å². The van der Waals surface area contributed by atoms with E-state index in [0.29, 0.717) is 5.56 Å². The second kappa shape index (κ2) is 11.3. The standard InChI is InChI=1S/C32H35ClO2/c1-4-7-22(5-2)19-23-10-12-24(13-11-23)31-29-16-14-26(32(34)35)20-25(29)8-6-9-30(31)28-17-15-27(33)18-21(28)3/h10-18,20,22H,4-9,19H2,1-3H3,(H,34,35). The fraction of sp³-hybridized carbons (Fsp3) is 0.344. The van der Waals surface area contributed by atoms with Crippen molar-refractivity contribution in [2.45, 2.75) is 65.7 Å². The molecule has 1 N–H and O–H groups in total. The van der Waals surface area contributed by atoms with Crippen LogP contribution in [0.4, 0.5) is 0 Å². The van der Waals surface area contributed by atoms with Crippen LogP contribution in [-0.4, -0.2) is 11.1 Å². The van der Waals surface area contributed by atoms with Gasteiger partial charge in [0.25, 0.3) is 0 Å². The summed E-state index contributed by atoms with van der Waals surface area (Å²) in [5.74, 6) is -0.149. The first-order valence-corrected chi connectivity index (χ1v) is 13.2. The summed E-state index contributed by atoms with van der Waals surface area (Å²) in [7, 11) is 0. The number of carbonyl (C=O) groups is 1. The van der Waals surface area contributed by atoms with E-state index in [4.69, 9.17) is 11.6 Å². The number of rotatable bonds is 8. The molecular formula is C32H35ClO2. The van der Waals surface area contributed by atoms with Gasteiger partial charge in [0.05, 0.1) is 5.56 Å². The van der Waals surface area contributed by atoms with Crippen molar-refractivity contribution >= 4 is 28.7 Å². The number of aromatic carboxylic acids is 1. The lowest BCUT2D eigenvalue weighted by molar-refractivity contribution is 0.0696. The molecule has 0 bridgehead atoms. The van der Waals surface area contributed by atoms with E-state index >= 15 is 0 Å². The zero-order valence-electron chi connectivity index (χ0n) is 21.0. The Labute approximate surface area is 214 Å². The van der Waals surface area contributed by atoms with Gasteiger partial charge in [0.1, 0.15) is 0 Å². The molecule has 0 radical (unpaired) electrons. The molecule has 0 spiro atoms. The van der Waals surface area contributed by atoms with Crippen molar-refractivity contribution < 1.29 is 9.90 Å². The average molecular weight is 487 g/mol. The average Bonchev–Trinajstić information content (AvgIpc) is 3.03. The Balaban J connectivity index is 1.86. The number of carboxylic acid groups (broad SMARTS) is 1. The predicted molar refractivity (Wildman–Crippen MR) is 147 cm³/mol. The van der Waals surface area contributed by atoms with Crippen molar-refractivity contribution in [2.75, 3.05) is 0 Å². The molecule has 0 heterocycles. The molecule has 0 aromatic heterocycles. The van der Waals surface area contributed by atoms with Crippen LogP contribution in [0.2, 0.25) is 5.02 Å². The molecule has 0 saturated carbocycles. The zero-order valence-corrected chi connectivity index (χ0v) is 21.8. The fourth-order valence-electron chi connectivity index (χ4n) is 5.49. The summed E-state index contributed by atoms with van der Waals surface area (Å²) in [6.45, 7) is 6.67. The molecular weight excluding hydrogens is 452 g/mol. The second-order valence-corrected chi connectivity index (χ2v) is 10.2. The Hall–Kier alpha value is -2.84. The van der Waals surface area contributed by atoms with E-state index in [1.165, 1.54) is 47.1 Å². The molecule has 0 amide bonds. The predicted octanol–water partition coefficient (Wildman–Crippen LogP) is 9.01. The minimum atomic E-state index is -0.877. The van der Waals surface area contributed by atoms with Crippen LogP contribution in [0.1, 0.15) is 89.7 Å². The maximum atomic E-state index is 11.7. The van der Waals surface area contributed by atoms with Crippen molar-refractivity contribution in [3.8, 4) is 0 Å². The third-order valence-corrected chi connectivity index (χ3v) is 7.59. The first-order chi connectivity index (χ1) is 16.9. The number of carboxylic acids is 1. The summed E-state index contributed by atoms with van der Waals surface area (Å²) in [5, 5.41) is 10.3. The number of aryl methyl sites for hydroxylation is 2. The van der Waals surface area contributed by atoms with Crippen LogP contribution in [0.3, 0.4) is 0 Å². The van der Waals surface area contributed by atoms with Crippen LogP contribution < -0.4 is 0 Å². The van der Waals surface area contributed by atoms with E-state index in [2.05, 4.69) is 51.1 Å². The molecule has 0 fully saturated rings. The summed E-state index contributed by atoms with van der Waals surface area (Å²) < 4.78 is 0. The second-order valence-electron chi connectivity index (χ2n) is 9.81. The maximum absolute atomic E-state index is 11.7. The quantitative estimate of drug-likeness (QED) is 0.344. The van der Waals surface area contributed by atoms with Crippen molar-refractivity contribution in [3.63, 3.8) is 0 Å². The van der Waals surface area contributed by atoms with E-state index < -0.39 is 5.97 Å². The van der Waals surface area contributed by atoms with Gasteiger partial charge >= 0.3 is 5.97 Å². The van der Waals surface area contributed by atoms with Gasteiger partial charge in [-0.25, -0.2) is 4.79 Å². The Kier molecular flexibility index (Phi) is 8.13. The van der Waals surface area contributed by atoms with Gasteiger partial charge in [0.15, 0.2) is 0 Å². The Morgan fingerprint density at radius 1 is 0.971 bits per heavy atom. The number of hydrogen-bond donors (Lipinski definition) is 1. The SMILES string of the molecule is CCCC(CC)Cc1ccc(C2=C(c3ccc(Cl)cc3C)CCCc3cc(C(=O)O)ccc32)cc1. The topological polar surface area (TPSA) is 37.3 Å². The minimum absolute atomic E-state index is 0.353. The van der Waals surface area contributed by atoms with Crippen LogP contribution in [-0.2, 0) is 12.8 Å². The Morgan fingerprint density at radius 3 is 2.37 bits per heavy atom. The zero-order chi connectivity index (χ0) is 24.9. The molecule has 182 valence electrons. The van der Waals surface area contributed by atoms with Gasteiger partial charge in [-0.2, -0.15) is 0 Å². The molecule has 1 aliphatic rings. The van der Waals surface area contributed by atoms with Crippen molar-refractivity contribution in [1.82, 2.24) is 0 Å². The third kappa shape index (κ3) is 5.70. The highest BCUT2D eigenvalue weighted by Crippen LogP contribution is 2.41. The van der Waals surface area contributed by atoms with Crippen LogP contribution >= 0.6 is 11.6 Å². The summed E-state index contributed by atoms with van der Waals surface area (Å²) in [4.78, 5) is 11.7. The molecule has 1 atom stereocenters. The van der Waals surface area contributed by atoms with Gasteiger partial charge in [-0.3, -0.25) is 0 Å². The highest BCUT2D eigenvalue weighted by Gasteiger charge is 2.22. The molecule has 3 heteroatoms. The van der Waals surface area contributed by atoms with E-state index in [9.17, 15) is 9.90 Å². The number of fused-ring (bicyclic) bond motifs is 1. The summed E-state index contributed by atoms with van der Waals surface area (Å²) in [6, 6.07) is 20.8. The number of allylic oxidation sites excluding steroid dienone is 1. The molecule has 3 aromatic carbocycles. The third-order valence-electron chi connectivity index (χ3n) is 7.35. The Morgan fingerprint density at radius 2 is 1.71 bits per heavy atom. The molecule has 1 aliphatic carbocycles. The smallest absolute Gasteiger partial charge is 0.335 e. The van der Waals surface area contributed by atoms with Gasteiger partial charge in [0, 0.05) is 5.02 Å². The van der Waals surface area contributed by atoms with Gasteiger partial charge in [-0.05, 0) is 107 Å². The van der Waals surface area contributed by atoms with E-state index in [1.54, 1.807) is 6.07 Å². The monoisotopic (exact) mass is 486 g/mol. The van der Waals surface area contributed by atoms with Gasteiger partial charge < -0.3 is 5.11 Å². The largest absolute Gasteiger partial charge is 0.478 e. The summed E-state index contributed by atoms with van der Waals surface area (Å²) >= 11 is 6.29. The summed E-state index contributed by atoms with van der Waals surface area (Å²) in [5.41, 5.74) is 10.1. The molecule has 0 saturated heterocycles. The lowest BCUT2D eigenvalue weighted by Crippen LogP contribution is -2.04. The minimum Gasteiger partial charge on any atom is -0.478 e. The maximum Gasteiger partial charge on any atom is 0.335 e. The van der Waals surface area contributed by atoms with E-state index in [-0.39, 0.29) is 0 Å². The van der Waals surface area contributed by atoms with Crippen molar-refractivity contribution in [1.29, 1.82) is 0 Å². The molecule has 1 unspecified atom stereocenters. The number of halogens is 1. The number of benzene rings is 3. The first-order valence-electron chi connectivity index (χ1n) is 12.9. The molecule has 2 nitrogen and oxygen atoms in total. The highest BCUT2D eigenvalue weighted by atomic mass is 35.5. The molecule has 3 aromatic rings. The lowest BCUT2D eigenvalue weighted by Gasteiger charge is -2.19.